The van der Waals surface area contributed by atoms with Gasteiger partial charge in [-0.15, -0.1) is 0 Å². The topological polar surface area (TPSA) is 87.2 Å². The highest BCUT2D eigenvalue weighted by atomic mass is 19.3. The van der Waals surface area contributed by atoms with Gasteiger partial charge in [0.2, 0.25) is 5.88 Å². The van der Waals surface area contributed by atoms with Gasteiger partial charge in [0.15, 0.2) is 5.75 Å². The summed E-state index contributed by atoms with van der Waals surface area (Å²) in [7, 11) is 3.10. The molecule has 10 heteroatoms. The Labute approximate surface area is 164 Å². The fourth-order valence-electron chi connectivity index (χ4n) is 3.17. The molecule has 0 aliphatic heterocycles. The van der Waals surface area contributed by atoms with E-state index < -0.39 is 6.61 Å². The molecule has 0 saturated heterocycles. The molecule has 150 valence electrons. The molecule has 0 fully saturated rings. The number of nitrogens with zero attached hydrogens (tertiary/aromatic N) is 5. The van der Waals surface area contributed by atoms with Crippen molar-refractivity contribution in [2.75, 3.05) is 7.11 Å². The van der Waals surface area contributed by atoms with E-state index in [1.165, 1.54) is 19.4 Å². The monoisotopic (exact) mass is 401 g/mol. The Bertz CT molecular complexity index is 1200. The maximum atomic E-state index is 12.7. The molecule has 4 rings (SSSR count). The van der Waals surface area contributed by atoms with Gasteiger partial charge >= 0.3 is 6.61 Å². The van der Waals surface area contributed by atoms with Crippen molar-refractivity contribution < 1.29 is 23.4 Å². The Kier molecular flexibility index (Phi) is 4.53. The number of ether oxygens (including phenoxy) is 2. The van der Waals surface area contributed by atoms with Gasteiger partial charge in [0.1, 0.15) is 0 Å². The lowest BCUT2D eigenvalue weighted by Crippen LogP contribution is -2.04. The molecule has 0 saturated carbocycles. The largest absolute Gasteiger partial charge is 0.494 e. The molecule has 4 aromatic heterocycles. The molecule has 0 radical (unpaired) electrons. The van der Waals surface area contributed by atoms with Crippen LogP contribution in [0.15, 0.2) is 36.9 Å². The molecule has 0 amide bonds. The van der Waals surface area contributed by atoms with Crippen molar-refractivity contribution in [3.63, 3.8) is 0 Å². The van der Waals surface area contributed by atoms with E-state index >= 15 is 0 Å². The van der Waals surface area contributed by atoms with E-state index in [1.54, 1.807) is 41.0 Å². The molecule has 0 unspecified atom stereocenters. The third-order valence-corrected chi connectivity index (χ3v) is 4.44. The summed E-state index contributed by atoms with van der Waals surface area (Å²) in [5, 5.41) is 15.4. The number of aryl methyl sites for hydroxylation is 2. The van der Waals surface area contributed by atoms with Crippen molar-refractivity contribution in [3.8, 4) is 34.5 Å². The van der Waals surface area contributed by atoms with Crippen LogP contribution in [-0.2, 0) is 7.05 Å². The second-order valence-corrected chi connectivity index (χ2v) is 6.39. The lowest BCUT2D eigenvalue weighted by Gasteiger charge is -2.11. The van der Waals surface area contributed by atoms with E-state index in [0.29, 0.717) is 27.8 Å². The molecule has 0 aromatic carbocycles. The fourth-order valence-corrected chi connectivity index (χ4v) is 3.17. The summed E-state index contributed by atoms with van der Waals surface area (Å²) in [6.07, 6.45) is 6.53. The first-order chi connectivity index (χ1) is 13.9. The van der Waals surface area contributed by atoms with Crippen LogP contribution in [0.2, 0.25) is 0 Å². The Hall–Kier alpha value is -3.69. The van der Waals surface area contributed by atoms with E-state index in [9.17, 15) is 13.9 Å². The summed E-state index contributed by atoms with van der Waals surface area (Å²) in [5.74, 6) is -0.193. The summed E-state index contributed by atoms with van der Waals surface area (Å²) in [4.78, 5) is 8.59. The molecule has 29 heavy (non-hydrogen) atoms. The smallest absolute Gasteiger partial charge is 0.387 e. The molecule has 4 heterocycles. The number of methoxy groups -OCH3 is 1. The summed E-state index contributed by atoms with van der Waals surface area (Å²) in [5.41, 5.74) is 2.95. The quantitative estimate of drug-likeness (QED) is 0.551. The van der Waals surface area contributed by atoms with Gasteiger partial charge in [0, 0.05) is 31.2 Å². The minimum absolute atomic E-state index is 0.0409. The molecular weight excluding hydrogens is 384 g/mol. The maximum absolute atomic E-state index is 12.7. The third kappa shape index (κ3) is 3.33. The summed E-state index contributed by atoms with van der Waals surface area (Å²) < 4.78 is 38.1. The van der Waals surface area contributed by atoms with E-state index in [2.05, 4.69) is 19.8 Å². The molecule has 0 atom stereocenters. The predicted octanol–water partition coefficient (Wildman–Crippen LogP) is 3.45. The predicted molar refractivity (Wildman–Crippen MR) is 101 cm³/mol. The van der Waals surface area contributed by atoms with E-state index in [1.807, 2.05) is 6.92 Å². The Balaban J connectivity index is 1.83. The van der Waals surface area contributed by atoms with Crippen LogP contribution in [0.4, 0.5) is 8.78 Å². The number of aromatic nitrogens is 5. The first kappa shape index (κ1) is 18.7. The van der Waals surface area contributed by atoms with Crippen LogP contribution in [0.3, 0.4) is 0 Å². The summed E-state index contributed by atoms with van der Waals surface area (Å²) >= 11 is 0. The molecular formula is C19H17F2N5O3. The first-order valence-electron chi connectivity index (χ1n) is 8.57. The fraction of sp³-hybridized carbons (Fsp3) is 0.211. The van der Waals surface area contributed by atoms with Crippen molar-refractivity contribution in [2.45, 2.75) is 13.5 Å². The van der Waals surface area contributed by atoms with Gasteiger partial charge < -0.3 is 14.6 Å². The highest BCUT2D eigenvalue weighted by molar-refractivity contribution is 5.90. The van der Waals surface area contributed by atoms with Gasteiger partial charge in [0.25, 0.3) is 5.88 Å². The zero-order chi connectivity index (χ0) is 20.7. The number of fused-ring (bicyclic) bond motifs is 1. The van der Waals surface area contributed by atoms with Crippen molar-refractivity contribution in [1.82, 2.24) is 24.3 Å². The maximum Gasteiger partial charge on any atom is 0.387 e. The summed E-state index contributed by atoms with van der Waals surface area (Å²) in [6, 6.07) is 3.13. The SMILES string of the molecule is COc1ncc(-c2cc(C)c3c(O)n(-c4cnn(C)c4)cc3n2)cc1OC(F)F. The van der Waals surface area contributed by atoms with Crippen LogP contribution in [0, 0.1) is 6.92 Å². The molecule has 1 N–H and O–H groups in total. The number of alkyl halides is 2. The van der Waals surface area contributed by atoms with Crippen molar-refractivity contribution in [2.24, 2.45) is 7.05 Å². The lowest BCUT2D eigenvalue weighted by atomic mass is 10.1. The van der Waals surface area contributed by atoms with Crippen LogP contribution in [0.5, 0.6) is 17.5 Å². The Morgan fingerprint density at radius 2 is 1.97 bits per heavy atom. The van der Waals surface area contributed by atoms with Gasteiger partial charge in [-0.05, 0) is 24.6 Å². The number of hydrogen-bond donors (Lipinski definition) is 1. The minimum atomic E-state index is -3.01. The third-order valence-electron chi connectivity index (χ3n) is 4.44. The molecule has 0 spiro atoms. The normalized spacial score (nSPS) is 11.4. The molecule has 4 aromatic rings. The van der Waals surface area contributed by atoms with Gasteiger partial charge in [-0.3, -0.25) is 9.25 Å². The minimum Gasteiger partial charge on any atom is -0.494 e. The van der Waals surface area contributed by atoms with Crippen molar-refractivity contribution >= 4 is 10.9 Å². The Morgan fingerprint density at radius 1 is 1.17 bits per heavy atom. The molecule has 0 aliphatic rings. The zero-order valence-corrected chi connectivity index (χ0v) is 15.8. The number of halogens is 2. The molecule has 0 bridgehead atoms. The van der Waals surface area contributed by atoms with E-state index in [0.717, 1.165) is 5.56 Å². The van der Waals surface area contributed by atoms with Crippen LogP contribution in [0.25, 0.3) is 27.8 Å². The van der Waals surface area contributed by atoms with Crippen LogP contribution in [-0.4, -0.2) is 43.1 Å². The van der Waals surface area contributed by atoms with Crippen molar-refractivity contribution in [1.29, 1.82) is 0 Å². The van der Waals surface area contributed by atoms with Gasteiger partial charge in [-0.25, -0.2) is 9.97 Å². The van der Waals surface area contributed by atoms with Gasteiger partial charge in [-0.1, -0.05) is 0 Å². The highest BCUT2D eigenvalue weighted by Gasteiger charge is 2.18. The molecule has 0 aliphatic carbocycles. The number of aromatic hydroxyl groups is 1. The first-order valence-corrected chi connectivity index (χ1v) is 8.57. The number of hydrogen-bond acceptors (Lipinski definition) is 6. The molecule has 8 nitrogen and oxygen atoms in total. The highest BCUT2D eigenvalue weighted by Crippen LogP contribution is 2.36. The van der Waals surface area contributed by atoms with Crippen molar-refractivity contribution in [3.05, 3.63) is 42.5 Å². The van der Waals surface area contributed by atoms with Crippen LogP contribution < -0.4 is 9.47 Å². The summed E-state index contributed by atoms with van der Waals surface area (Å²) in [6.45, 7) is -1.18. The average molecular weight is 401 g/mol. The van der Waals surface area contributed by atoms with Crippen LogP contribution >= 0.6 is 0 Å². The number of pyridine rings is 2. The standard InChI is InChI=1S/C19H17F2N5O3/c1-10-4-13(11-5-15(29-19(20)21)17(28-3)22-6-11)24-14-9-26(18(27)16(10)14)12-7-23-25(2)8-12/h4-9,19,27H,1-3H3. The van der Waals surface area contributed by atoms with E-state index in [-0.39, 0.29) is 17.5 Å². The second-order valence-electron chi connectivity index (χ2n) is 6.39. The zero-order valence-electron chi connectivity index (χ0n) is 15.8. The second kappa shape index (κ2) is 7.04. The van der Waals surface area contributed by atoms with E-state index in [4.69, 9.17) is 4.74 Å². The average Bonchev–Trinajstić information content (AvgIpc) is 3.24. The van der Waals surface area contributed by atoms with Gasteiger partial charge in [0.05, 0.1) is 35.6 Å². The van der Waals surface area contributed by atoms with Crippen LogP contribution in [0.1, 0.15) is 5.56 Å². The van der Waals surface area contributed by atoms with Gasteiger partial charge in [-0.2, -0.15) is 13.9 Å². The Morgan fingerprint density at radius 3 is 2.62 bits per heavy atom. The number of rotatable bonds is 5. The lowest BCUT2D eigenvalue weighted by molar-refractivity contribution is -0.0515.